The highest BCUT2D eigenvalue weighted by Gasteiger charge is 2.09. The monoisotopic (exact) mass is 390 g/mol. The van der Waals surface area contributed by atoms with Gasteiger partial charge in [0.15, 0.2) is 11.4 Å². The Kier molecular flexibility index (Phi) is 6.20. The number of hydrogen-bond acceptors (Lipinski definition) is 5. The van der Waals surface area contributed by atoms with Crippen LogP contribution in [0.5, 0.6) is 11.5 Å². The van der Waals surface area contributed by atoms with Crippen LogP contribution in [0.3, 0.4) is 0 Å². The molecular weight excluding hydrogens is 371 g/mol. The number of carbonyl (C=O) groups is 1. The minimum atomic E-state index is -0.427. The first-order chi connectivity index (χ1) is 13.1. The number of methoxy groups -OCH3 is 2. The molecule has 27 heavy (non-hydrogen) atoms. The molecule has 0 saturated heterocycles. The van der Waals surface area contributed by atoms with E-state index in [4.69, 9.17) is 14.2 Å². The molecule has 0 N–H and O–H groups in total. The zero-order valence-corrected chi connectivity index (χ0v) is 15.8. The summed E-state index contributed by atoms with van der Waals surface area (Å²) < 4.78 is 31.7. The molecule has 0 aliphatic heterocycles. The average Bonchev–Trinajstić information content (AvgIpc) is 3.00. The zero-order valence-electron chi connectivity index (χ0n) is 15.0. The molecule has 142 valence electrons. The first-order valence-corrected chi connectivity index (χ1v) is 9.04. The Bertz CT molecular complexity index is 995. The molecule has 0 aliphatic rings. The first-order valence-electron chi connectivity index (χ1n) is 8.23. The minimum absolute atomic E-state index is 0.195. The lowest BCUT2D eigenvalue weighted by molar-refractivity contribution is -0.120. The topological polar surface area (TPSA) is 62.1 Å². The average molecular weight is 390 g/mol. The Morgan fingerprint density at radius 1 is 1.15 bits per heavy atom. The summed E-state index contributed by atoms with van der Waals surface area (Å²) in [6.45, 7) is 0.764. The number of rotatable bonds is 7. The van der Waals surface area contributed by atoms with Crippen molar-refractivity contribution in [2.45, 2.75) is 6.54 Å². The van der Waals surface area contributed by atoms with Gasteiger partial charge in [0.05, 0.1) is 23.9 Å². The van der Waals surface area contributed by atoms with Crippen molar-refractivity contribution in [3.05, 3.63) is 53.1 Å². The van der Waals surface area contributed by atoms with E-state index in [1.54, 1.807) is 44.6 Å². The van der Waals surface area contributed by atoms with Crippen molar-refractivity contribution in [2.24, 2.45) is 4.99 Å². The van der Waals surface area contributed by atoms with E-state index in [1.165, 1.54) is 23.5 Å². The van der Waals surface area contributed by atoms with Crippen LogP contribution < -0.4 is 14.3 Å². The third-order valence-corrected chi connectivity index (χ3v) is 4.85. The highest BCUT2D eigenvalue weighted by atomic mass is 32.1. The summed E-state index contributed by atoms with van der Waals surface area (Å²) in [7, 11) is 3.17. The minimum Gasteiger partial charge on any atom is -0.497 e. The van der Waals surface area contributed by atoms with Crippen LogP contribution >= 0.6 is 11.3 Å². The van der Waals surface area contributed by atoms with Crippen LogP contribution in [-0.4, -0.2) is 37.9 Å². The second-order valence-electron chi connectivity index (χ2n) is 5.61. The van der Waals surface area contributed by atoms with E-state index in [1.807, 2.05) is 4.57 Å². The molecule has 0 saturated carbocycles. The molecule has 8 heteroatoms. The smallest absolute Gasteiger partial charge is 0.286 e. The van der Waals surface area contributed by atoms with Gasteiger partial charge in [0.2, 0.25) is 0 Å². The second kappa shape index (κ2) is 8.79. The molecule has 2 aromatic carbocycles. The van der Waals surface area contributed by atoms with Crippen molar-refractivity contribution in [1.29, 1.82) is 0 Å². The summed E-state index contributed by atoms with van der Waals surface area (Å²) in [5.74, 6) is 0.493. The molecular formula is C19H19FN2O4S. The lowest BCUT2D eigenvalue weighted by atomic mass is 10.3. The molecule has 1 amide bonds. The number of thiazole rings is 1. The number of hydrogen-bond donors (Lipinski definition) is 0. The molecule has 0 aliphatic carbocycles. The number of ether oxygens (including phenoxy) is 3. The third kappa shape index (κ3) is 4.72. The van der Waals surface area contributed by atoms with Crippen molar-refractivity contribution >= 4 is 27.5 Å². The fraction of sp³-hybridized carbons (Fsp3) is 0.263. The van der Waals surface area contributed by atoms with Gasteiger partial charge in [0, 0.05) is 13.7 Å². The Balaban J connectivity index is 1.81. The first kappa shape index (κ1) is 19.1. The van der Waals surface area contributed by atoms with Gasteiger partial charge in [0.25, 0.3) is 5.91 Å². The molecule has 0 fully saturated rings. The zero-order chi connectivity index (χ0) is 19.2. The summed E-state index contributed by atoms with van der Waals surface area (Å²) in [6, 6.07) is 11.4. The number of benzene rings is 2. The number of aromatic nitrogens is 1. The number of halogens is 1. The van der Waals surface area contributed by atoms with Crippen LogP contribution in [0.2, 0.25) is 0 Å². The van der Waals surface area contributed by atoms with Gasteiger partial charge in [-0.25, -0.2) is 4.39 Å². The maximum absolute atomic E-state index is 13.5. The molecule has 6 nitrogen and oxygen atoms in total. The lowest BCUT2D eigenvalue weighted by Gasteiger charge is -2.05. The Hall–Kier alpha value is -2.71. The normalized spacial score (nSPS) is 11.7. The van der Waals surface area contributed by atoms with Crippen LogP contribution in [-0.2, 0) is 16.1 Å². The molecule has 3 rings (SSSR count). The summed E-state index contributed by atoms with van der Waals surface area (Å²) >= 11 is 1.25. The van der Waals surface area contributed by atoms with Gasteiger partial charge in [-0.05, 0) is 42.5 Å². The quantitative estimate of drug-likeness (QED) is 0.622. The van der Waals surface area contributed by atoms with Crippen LogP contribution in [0.25, 0.3) is 10.2 Å². The highest BCUT2D eigenvalue weighted by molar-refractivity contribution is 7.16. The van der Waals surface area contributed by atoms with Crippen molar-refractivity contribution in [2.75, 3.05) is 27.4 Å². The largest absolute Gasteiger partial charge is 0.497 e. The molecule has 3 aromatic rings. The Morgan fingerprint density at radius 2 is 1.89 bits per heavy atom. The van der Waals surface area contributed by atoms with Gasteiger partial charge in [-0.3, -0.25) is 4.79 Å². The molecule has 0 atom stereocenters. The van der Waals surface area contributed by atoms with Gasteiger partial charge in [0.1, 0.15) is 17.3 Å². The van der Waals surface area contributed by atoms with Crippen molar-refractivity contribution in [3.63, 3.8) is 0 Å². The molecule has 1 heterocycles. The van der Waals surface area contributed by atoms with E-state index in [-0.39, 0.29) is 12.4 Å². The fourth-order valence-electron chi connectivity index (χ4n) is 2.49. The van der Waals surface area contributed by atoms with Crippen LogP contribution in [0.15, 0.2) is 47.5 Å². The van der Waals surface area contributed by atoms with Crippen molar-refractivity contribution in [1.82, 2.24) is 4.57 Å². The van der Waals surface area contributed by atoms with E-state index in [9.17, 15) is 9.18 Å². The maximum Gasteiger partial charge on any atom is 0.286 e. The van der Waals surface area contributed by atoms with E-state index < -0.39 is 5.91 Å². The molecule has 0 spiro atoms. The molecule has 0 unspecified atom stereocenters. The molecule has 0 radical (unpaired) electrons. The Labute approximate surface area is 159 Å². The number of fused-ring (bicyclic) bond motifs is 1. The van der Waals surface area contributed by atoms with Gasteiger partial charge >= 0.3 is 0 Å². The summed E-state index contributed by atoms with van der Waals surface area (Å²) in [6.07, 6.45) is 0. The maximum atomic E-state index is 13.5. The van der Waals surface area contributed by atoms with Crippen LogP contribution in [0.1, 0.15) is 0 Å². The highest BCUT2D eigenvalue weighted by Crippen LogP contribution is 2.19. The van der Waals surface area contributed by atoms with E-state index in [0.29, 0.717) is 34.2 Å². The number of carbonyl (C=O) groups excluding carboxylic acids is 1. The summed E-state index contributed by atoms with van der Waals surface area (Å²) in [5, 5.41) is 0. The van der Waals surface area contributed by atoms with Crippen molar-refractivity contribution in [3.8, 4) is 11.5 Å². The lowest BCUT2D eigenvalue weighted by Crippen LogP contribution is -2.21. The summed E-state index contributed by atoms with van der Waals surface area (Å²) in [4.78, 5) is 16.9. The van der Waals surface area contributed by atoms with Gasteiger partial charge in [-0.1, -0.05) is 11.3 Å². The SMILES string of the molecule is COCCn1c(=NC(=O)COc2ccc(OC)cc2)sc2cc(F)ccc21. The molecule has 1 aromatic heterocycles. The fourth-order valence-corrected chi connectivity index (χ4v) is 3.59. The van der Waals surface area contributed by atoms with E-state index in [2.05, 4.69) is 4.99 Å². The number of nitrogens with zero attached hydrogens (tertiary/aromatic N) is 2. The van der Waals surface area contributed by atoms with Gasteiger partial charge < -0.3 is 18.8 Å². The van der Waals surface area contributed by atoms with Gasteiger partial charge in [-0.15, -0.1) is 0 Å². The van der Waals surface area contributed by atoms with Crippen LogP contribution in [0.4, 0.5) is 4.39 Å². The van der Waals surface area contributed by atoms with E-state index >= 15 is 0 Å². The Morgan fingerprint density at radius 3 is 2.59 bits per heavy atom. The van der Waals surface area contributed by atoms with E-state index in [0.717, 1.165) is 5.52 Å². The predicted molar refractivity (Wildman–Crippen MR) is 101 cm³/mol. The third-order valence-electron chi connectivity index (χ3n) is 3.81. The predicted octanol–water partition coefficient (Wildman–Crippen LogP) is 3.00. The second-order valence-corrected chi connectivity index (χ2v) is 6.62. The molecule has 0 bridgehead atoms. The van der Waals surface area contributed by atoms with Crippen LogP contribution in [0, 0.1) is 5.82 Å². The van der Waals surface area contributed by atoms with Gasteiger partial charge in [-0.2, -0.15) is 4.99 Å². The standard InChI is InChI=1S/C19H19FN2O4S/c1-24-10-9-22-16-8-3-13(20)11-17(16)27-19(22)21-18(23)12-26-15-6-4-14(25-2)5-7-15/h3-8,11H,9-10,12H2,1-2H3. The number of amides is 1. The summed E-state index contributed by atoms with van der Waals surface area (Å²) in [5.41, 5.74) is 0.807. The van der Waals surface area contributed by atoms with Crippen molar-refractivity contribution < 1.29 is 23.4 Å².